The summed E-state index contributed by atoms with van der Waals surface area (Å²) in [5.41, 5.74) is 9.41. The molecule has 1 fully saturated rings. The Labute approximate surface area is 182 Å². The van der Waals surface area contributed by atoms with Crippen molar-refractivity contribution < 1.29 is 9.53 Å². The number of nitrogens with zero attached hydrogens (tertiary/aromatic N) is 4. The fourth-order valence-electron chi connectivity index (χ4n) is 4.12. The van der Waals surface area contributed by atoms with Crippen LogP contribution in [0.3, 0.4) is 0 Å². The van der Waals surface area contributed by atoms with E-state index in [1.165, 1.54) is 6.33 Å². The fraction of sp³-hybridized carbons (Fsp3) is 0.333. The summed E-state index contributed by atoms with van der Waals surface area (Å²) in [6.45, 7) is 2.24. The van der Waals surface area contributed by atoms with E-state index < -0.39 is 0 Å². The molecular formula is C21H22ClN7O2. The molecule has 10 heteroatoms. The normalized spacial score (nSPS) is 15.0. The van der Waals surface area contributed by atoms with Gasteiger partial charge < -0.3 is 20.8 Å². The second-order valence-corrected chi connectivity index (χ2v) is 8.08. The third-order valence-corrected chi connectivity index (χ3v) is 6.18. The Hall–Kier alpha value is -3.17. The number of hydrogen-bond acceptors (Lipinski definition) is 6. The molecule has 31 heavy (non-hydrogen) atoms. The zero-order valence-electron chi connectivity index (χ0n) is 17.0. The number of hydrogen-bond donors (Lipinski definition) is 3. The van der Waals surface area contributed by atoms with Crippen LogP contribution in [-0.2, 0) is 11.3 Å². The van der Waals surface area contributed by atoms with Gasteiger partial charge in [0, 0.05) is 43.3 Å². The van der Waals surface area contributed by atoms with Crippen molar-refractivity contribution in [3.05, 3.63) is 35.1 Å². The van der Waals surface area contributed by atoms with Crippen LogP contribution in [0.4, 0.5) is 5.82 Å². The van der Waals surface area contributed by atoms with Crippen LogP contribution in [0.2, 0.25) is 5.02 Å². The van der Waals surface area contributed by atoms with Gasteiger partial charge in [-0.2, -0.15) is 5.10 Å². The lowest BCUT2D eigenvalue weighted by molar-refractivity contribution is 0.0605. The summed E-state index contributed by atoms with van der Waals surface area (Å²) in [6, 6.07) is 5.33. The van der Waals surface area contributed by atoms with Gasteiger partial charge in [0.25, 0.3) is 5.91 Å². The molecule has 0 radical (unpaired) electrons. The Bertz CT molecular complexity index is 1290. The van der Waals surface area contributed by atoms with Crippen molar-refractivity contribution in [3.63, 3.8) is 0 Å². The molecule has 0 aliphatic carbocycles. The van der Waals surface area contributed by atoms with Crippen molar-refractivity contribution in [1.82, 2.24) is 30.0 Å². The topological polar surface area (TPSA) is 124 Å². The number of rotatable bonds is 4. The third kappa shape index (κ3) is 3.39. The first-order valence-electron chi connectivity index (χ1n) is 10.1. The molecule has 5 rings (SSSR count). The first-order chi connectivity index (χ1) is 15.1. The van der Waals surface area contributed by atoms with Crippen molar-refractivity contribution in [1.29, 1.82) is 0 Å². The second kappa shape index (κ2) is 7.82. The average Bonchev–Trinajstić information content (AvgIpc) is 3.32. The maximum absolute atomic E-state index is 12.0. The highest BCUT2D eigenvalue weighted by atomic mass is 35.5. The van der Waals surface area contributed by atoms with Gasteiger partial charge in [-0.3, -0.25) is 4.79 Å². The summed E-state index contributed by atoms with van der Waals surface area (Å²) in [4.78, 5) is 24.0. The highest BCUT2D eigenvalue weighted by Crippen LogP contribution is 2.38. The highest BCUT2D eigenvalue weighted by molar-refractivity contribution is 6.38. The number of anilines is 1. The molecule has 1 aromatic carbocycles. The van der Waals surface area contributed by atoms with Crippen LogP contribution in [0, 0.1) is 5.92 Å². The molecule has 1 amide bonds. The van der Waals surface area contributed by atoms with Crippen LogP contribution in [0.5, 0.6) is 0 Å². The number of ether oxygens (including phenoxy) is 1. The molecular weight excluding hydrogens is 418 g/mol. The minimum atomic E-state index is -0.169. The molecule has 4 heterocycles. The highest BCUT2D eigenvalue weighted by Gasteiger charge is 2.24. The zero-order chi connectivity index (χ0) is 21.5. The lowest BCUT2D eigenvalue weighted by Gasteiger charge is -2.21. The summed E-state index contributed by atoms with van der Waals surface area (Å²) in [6.07, 6.45) is 3.41. The number of benzene rings is 1. The van der Waals surface area contributed by atoms with E-state index >= 15 is 0 Å². The Morgan fingerprint density at radius 2 is 2.16 bits per heavy atom. The van der Waals surface area contributed by atoms with Crippen LogP contribution >= 0.6 is 11.6 Å². The number of nitrogen functional groups attached to an aromatic ring is 1. The first kappa shape index (κ1) is 19.8. The summed E-state index contributed by atoms with van der Waals surface area (Å²) >= 11 is 6.73. The maximum atomic E-state index is 12.0. The molecule has 0 saturated carbocycles. The van der Waals surface area contributed by atoms with Gasteiger partial charge in [0.05, 0.1) is 16.1 Å². The number of carbonyl (C=O) groups excluding carboxylic acids is 1. The number of H-pyrrole nitrogens is 1. The molecule has 0 atom stereocenters. The smallest absolute Gasteiger partial charge is 0.251 e. The Balaban J connectivity index is 1.65. The number of amides is 1. The van der Waals surface area contributed by atoms with Gasteiger partial charge in [0.15, 0.2) is 5.65 Å². The lowest BCUT2D eigenvalue weighted by atomic mass is 10.0. The molecule has 0 unspecified atom stereocenters. The fourth-order valence-corrected chi connectivity index (χ4v) is 4.42. The lowest BCUT2D eigenvalue weighted by Crippen LogP contribution is -2.21. The number of fused-ring (bicyclic) bond motifs is 2. The summed E-state index contributed by atoms with van der Waals surface area (Å²) < 4.78 is 7.36. The van der Waals surface area contributed by atoms with Gasteiger partial charge in [0.1, 0.15) is 17.8 Å². The van der Waals surface area contributed by atoms with Crippen molar-refractivity contribution in [2.45, 2.75) is 19.4 Å². The van der Waals surface area contributed by atoms with Gasteiger partial charge in [-0.15, -0.1) is 0 Å². The van der Waals surface area contributed by atoms with Crippen LogP contribution < -0.4 is 11.1 Å². The molecule has 4 N–H and O–H groups in total. The van der Waals surface area contributed by atoms with E-state index in [1.807, 2.05) is 10.7 Å². The SMILES string of the molecule is CNC(=O)c1ccc2c(Cl)c(-c3nn(CC4CCOCC4)c4ncnc(N)c34)[nH]c2c1. The number of aromatic amines is 1. The van der Waals surface area contributed by atoms with Crippen LogP contribution in [0.25, 0.3) is 33.3 Å². The zero-order valence-corrected chi connectivity index (χ0v) is 17.7. The van der Waals surface area contributed by atoms with Gasteiger partial charge in [0.2, 0.25) is 0 Å². The third-order valence-electron chi connectivity index (χ3n) is 5.79. The van der Waals surface area contributed by atoms with E-state index in [-0.39, 0.29) is 5.91 Å². The predicted molar refractivity (Wildman–Crippen MR) is 119 cm³/mol. The molecule has 1 aliphatic heterocycles. The molecule has 1 aliphatic rings. The van der Waals surface area contributed by atoms with Crippen molar-refractivity contribution >= 4 is 45.3 Å². The van der Waals surface area contributed by atoms with Crippen LogP contribution in [-0.4, -0.2) is 50.9 Å². The molecule has 0 bridgehead atoms. The van der Waals surface area contributed by atoms with E-state index in [4.69, 9.17) is 27.2 Å². The van der Waals surface area contributed by atoms with Crippen molar-refractivity contribution in [3.8, 4) is 11.4 Å². The standard InChI is InChI=1S/C21H22ClN7O2/c1-24-21(30)12-2-3-13-14(8-12)27-18(16(13)22)17-15-19(23)25-10-26-20(15)29(28-17)9-11-4-6-31-7-5-11/h2-3,8,10-11,27H,4-7,9H2,1H3,(H,24,30)(H2,23,25,26). The quantitative estimate of drug-likeness (QED) is 0.449. The number of carbonyl (C=O) groups is 1. The van der Waals surface area contributed by atoms with Gasteiger partial charge in [-0.05, 0) is 30.9 Å². The number of nitrogens with one attached hydrogen (secondary N) is 2. The van der Waals surface area contributed by atoms with Gasteiger partial charge >= 0.3 is 0 Å². The molecule has 3 aromatic heterocycles. The molecule has 9 nitrogen and oxygen atoms in total. The molecule has 4 aromatic rings. The van der Waals surface area contributed by atoms with Crippen LogP contribution in [0.1, 0.15) is 23.2 Å². The van der Waals surface area contributed by atoms with Gasteiger partial charge in [-0.25, -0.2) is 14.6 Å². The molecule has 1 saturated heterocycles. The molecule has 160 valence electrons. The second-order valence-electron chi connectivity index (χ2n) is 7.70. The number of aromatic nitrogens is 5. The number of halogens is 1. The minimum absolute atomic E-state index is 0.169. The van der Waals surface area contributed by atoms with Gasteiger partial charge in [-0.1, -0.05) is 17.7 Å². The number of nitrogens with two attached hydrogens (primary N) is 1. The van der Waals surface area contributed by atoms with Crippen molar-refractivity contribution in [2.24, 2.45) is 5.92 Å². The average molecular weight is 440 g/mol. The Morgan fingerprint density at radius 3 is 2.94 bits per heavy atom. The monoisotopic (exact) mass is 439 g/mol. The van der Waals surface area contributed by atoms with Crippen LogP contribution in [0.15, 0.2) is 24.5 Å². The Morgan fingerprint density at radius 1 is 1.35 bits per heavy atom. The summed E-state index contributed by atoms with van der Waals surface area (Å²) in [5.74, 6) is 0.631. The molecule has 0 spiro atoms. The predicted octanol–water partition coefficient (Wildman–Crippen LogP) is 3.00. The maximum Gasteiger partial charge on any atom is 0.251 e. The first-order valence-corrected chi connectivity index (χ1v) is 10.5. The Kier molecular flexibility index (Phi) is 4.99. The van der Waals surface area contributed by atoms with E-state index in [0.717, 1.165) is 43.5 Å². The van der Waals surface area contributed by atoms with E-state index in [0.29, 0.717) is 44.7 Å². The van der Waals surface area contributed by atoms with E-state index in [2.05, 4.69) is 20.3 Å². The van der Waals surface area contributed by atoms with E-state index in [9.17, 15) is 4.79 Å². The minimum Gasteiger partial charge on any atom is -0.383 e. The largest absolute Gasteiger partial charge is 0.383 e. The summed E-state index contributed by atoms with van der Waals surface area (Å²) in [5, 5.41) is 9.44. The summed E-state index contributed by atoms with van der Waals surface area (Å²) in [7, 11) is 1.60. The van der Waals surface area contributed by atoms with E-state index in [1.54, 1.807) is 19.2 Å². The van der Waals surface area contributed by atoms with Crippen molar-refractivity contribution in [2.75, 3.05) is 26.0 Å².